The molecule has 0 fully saturated rings. The van der Waals surface area contributed by atoms with Crippen molar-refractivity contribution in [2.45, 2.75) is 33.6 Å². The Hall–Kier alpha value is 1.42. The van der Waals surface area contributed by atoms with Gasteiger partial charge in [0.2, 0.25) is 0 Å². The van der Waals surface area contributed by atoms with Crippen LogP contribution in [0.1, 0.15) is 33.6 Å². The van der Waals surface area contributed by atoms with Crippen LogP contribution >= 0.6 is 0 Å². The number of thiol groups is 1. The van der Waals surface area contributed by atoms with E-state index in [2.05, 4.69) is 13.8 Å². The summed E-state index contributed by atoms with van der Waals surface area (Å²) in [6.45, 7) is 5.45. The zero-order valence-electron chi connectivity index (χ0n) is 9.04. The van der Waals surface area contributed by atoms with Gasteiger partial charge >= 0.3 is 51.4 Å². The molecule has 0 unspecified atom stereocenters. The summed E-state index contributed by atoms with van der Waals surface area (Å²) < 4.78 is 0. The van der Waals surface area contributed by atoms with Crippen molar-refractivity contribution in [1.82, 2.24) is 0 Å². The maximum Gasteiger partial charge on any atom is 1.00 e. The Labute approximate surface area is 128 Å². The van der Waals surface area contributed by atoms with Crippen molar-refractivity contribution in [1.29, 1.82) is 0 Å². The van der Waals surface area contributed by atoms with Gasteiger partial charge in [0.25, 0.3) is 0 Å². The van der Waals surface area contributed by atoms with Crippen LogP contribution in [0.5, 0.6) is 0 Å². The molecule has 76 valence electrons. The third-order valence-corrected chi connectivity index (χ3v) is 2.29. The van der Waals surface area contributed by atoms with Crippen molar-refractivity contribution < 1.29 is 66.8 Å². The summed E-state index contributed by atoms with van der Waals surface area (Å²) >= 11 is 1.64. The quantitative estimate of drug-likeness (QED) is 0.228. The molecule has 0 heterocycles. The number of carbonyl (C=O) groups is 1. The molecule has 0 bridgehead atoms. The van der Waals surface area contributed by atoms with Gasteiger partial charge in [0, 0.05) is 5.97 Å². The van der Waals surface area contributed by atoms with Crippen LogP contribution in [-0.4, -0.2) is 23.0 Å². The van der Waals surface area contributed by atoms with Gasteiger partial charge in [-0.05, 0) is 31.5 Å². The van der Waals surface area contributed by atoms with E-state index in [-0.39, 0.29) is 56.9 Å². The smallest absolute Gasteiger partial charge is 0.870 e. The first kappa shape index (κ1) is 23.9. The van der Waals surface area contributed by atoms with Crippen molar-refractivity contribution in [2.75, 3.05) is 11.5 Å². The van der Waals surface area contributed by atoms with Gasteiger partial charge in [-0.25, -0.2) is 0 Å². The van der Waals surface area contributed by atoms with Crippen LogP contribution in [-0.2, 0) is 16.6 Å². The largest absolute Gasteiger partial charge is 1.00 e. The van der Waals surface area contributed by atoms with Gasteiger partial charge in [-0.2, -0.15) is 0 Å². The number of hydrogen-bond donors (Lipinski definition) is 0. The average Bonchev–Trinajstić information content (AvgIpc) is 1.88. The van der Waals surface area contributed by atoms with Crippen LogP contribution in [0, 0.1) is 0 Å². The predicted molar refractivity (Wildman–Crippen MR) is 51.7 cm³/mol. The molecule has 0 aromatic heterocycles. The number of carboxylic acids is 1. The second-order valence-corrected chi connectivity index (χ2v) is 3.50. The summed E-state index contributed by atoms with van der Waals surface area (Å²) in [6, 6.07) is 0. The Morgan fingerprint density at radius 3 is 1.62 bits per heavy atom. The zero-order valence-corrected chi connectivity index (χ0v) is 13.1. The summed E-state index contributed by atoms with van der Waals surface area (Å²) in [6.07, 6.45) is 2.70. The van der Waals surface area contributed by atoms with Gasteiger partial charge in [0.15, 0.2) is 0 Å². The van der Waals surface area contributed by atoms with E-state index in [1.54, 1.807) is 11.8 Å². The van der Waals surface area contributed by atoms with Crippen LogP contribution < -0.4 is 56.5 Å². The van der Waals surface area contributed by atoms with Gasteiger partial charge in [-0.1, -0.05) is 13.8 Å². The van der Waals surface area contributed by atoms with Gasteiger partial charge in [-0.15, -0.1) is 0 Å². The van der Waals surface area contributed by atoms with Crippen LogP contribution in [0.2, 0.25) is 0 Å². The van der Waals surface area contributed by atoms with Crippen LogP contribution in [0.25, 0.3) is 0 Å². The molecule has 0 rings (SSSR count). The van der Waals surface area contributed by atoms with Crippen molar-refractivity contribution in [2.24, 2.45) is 0 Å². The van der Waals surface area contributed by atoms with Crippen molar-refractivity contribution >= 4 is 17.7 Å². The normalized spacial score (nSPS) is 7.00. The van der Waals surface area contributed by atoms with Gasteiger partial charge in [0.1, 0.15) is 11.5 Å². The molecule has 0 atom stereocenters. The van der Waals surface area contributed by atoms with E-state index in [0.717, 1.165) is 6.92 Å². The maximum atomic E-state index is 8.89. The summed E-state index contributed by atoms with van der Waals surface area (Å²) in [4.78, 5) is 8.89. The van der Waals surface area contributed by atoms with Crippen molar-refractivity contribution in [3.8, 4) is 0 Å². The molecule has 0 aliphatic carbocycles. The number of rotatable bonds is 4. The number of aliphatic carboxylic acids is 1. The minimum Gasteiger partial charge on any atom is -0.870 e. The van der Waals surface area contributed by atoms with E-state index in [9.17, 15) is 0 Å². The molecule has 3 nitrogen and oxygen atoms in total. The minimum atomic E-state index is -1.08. The molecule has 0 spiro atoms. The van der Waals surface area contributed by atoms with Gasteiger partial charge in [0.05, 0.1) is 0 Å². The second kappa shape index (κ2) is 23.3. The molecule has 0 aromatic rings. The monoisotopic (exact) mass is 234 g/mol. The summed E-state index contributed by atoms with van der Waals surface area (Å²) in [5.41, 5.74) is 0. The van der Waals surface area contributed by atoms with E-state index >= 15 is 0 Å². The maximum absolute atomic E-state index is 8.89. The topological polar surface area (TPSA) is 70.1 Å². The molecule has 0 aliphatic heterocycles. The number of carbonyl (C=O) groups excluding carboxylic acids is 1. The zero-order chi connectivity index (χ0) is 9.11. The number of hydrogen-bond acceptors (Lipinski definition) is 3. The van der Waals surface area contributed by atoms with Gasteiger partial charge < -0.3 is 15.4 Å². The second-order valence-electron chi connectivity index (χ2n) is 2.16. The third kappa shape index (κ3) is 59.6. The fourth-order valence-electron chi connectivity index (χ4n) is 0.428. The summed E-state index contributed by atoms with van der Waals surface area (Å²) in [5, 5.41) is 8.89. The van der Waals surface area contributed by atoms with E-state index in [1.165, 1.54) is 24.3 Å². The minimum absolute atomic E-state index is 0. The Morgan fingerprint density at radius 2 is 1.46 bits per heavy atom. The first-order chi connectivity index (χ1) is 5.15. The molecule has 5 heteroatoms. The van der Waals surface area contributed by atoms with Gasteiger partial charge in [-0.3, -0.25) is 0 Å². The first-order valence-corrected chi connectivity index (χ1v) is 5.22. The van der Waals surface area contributed by atoms with E-state index in [4.69, 9.17) is 9.90 Å². The van der Waals surface area contributed by atoms with Crippen molar-refractivity contribution in [3.63, 3.8) is 0 Å². The Balaban J connectivity index is -0.0000000600. The Bertz CT molecular complexity index is 83.5. The van der Waals surface area contributed by atoms with Crippen LogP contribution in [0.4, 0.5) is 0 Å². The molecule has 13 heavy (non-hydrogen) atoms. The molecule has 0 aliphatic rings. The fraction of sp³-hybridized carbons (Fsp3) is 0.875. The average molecular weight is 234 g/mol. The summed E-state index contributed by atoms with van der Waals surface area (Å²) in [7, 11) is 0. The fourth-order valence-corrected chi connectivity index (χ4v) is 1.28. The third-order valence-electron chi connectivity index (χ3n) is 0.763. The van der Waals surface area contributed by atoms with E-state index in [1.807, 2.05) is 0 Å². The standard InChI is InChI=1S/C6H14S.C2H4O2.K.H2O/c1-3-5-7-6-4-2;1-2(3)4;;/h3-6H2,1-2H3;1H3,(H,3,4);;1H2/q;;+1;/p-1. The molecule has 0 aromatic carbocycles. The molecule has 0 radical (unpaired) electrons. The summed E-state index contributed by atoms with van der Waals surface area (Å²) in [5.74, 6) is 1.71. The van der Waals surface area contributed by atoms with Crippen LogP contribution in [0.15, 0.2) is 0 Å². The molecule has 0 amide bonds. The molecular formula is C8H19KO3S. The van der Waals surface area contributed by atoms with E-state index < -0.39 is 5.97 Å². The predicted octanol–water partition coefficient (Wildman–Crippen LogP) is -2.80. The van der Waals surface area contributed by atoms with Crippen molar-refractivity contribution in [3.05, 3.63) is 0 Å². The molecular weight excluding hydrogens is 215 g/mol. The molecule has 0 saturated heterocycles. The van der Waals surface area contributed by atoms with Crippen LogP contribution in [0.3, 0.4) is 0 Å². The molecule has 1 N–H and O–H groups in total. The first-order valence-electron chi connectivity index (χ1n) is 3.95. The SMILES string of the molecule is CC(=O)[O-].CCC[SH+]CCC.[K+].[OH-]. The number of carboxylic acid groups (broad SMARTS) is 1. The van der Waals surface area contributed by atoms with E-state index in [0.29, 0.717) is 0 Å². The Kier molecular flexibility index (Phi) is 42.9. The Morgan fingerprint density at radius 1 is 1.23 bits per heavy atom. The molecule has 0 saturated carbocycles.